The molecule has 0 aromatic heterocycles. The minimum Gasteiger partial charge on any atom is -1.00 e. The van der Waals surface area contributed by atoms with Gasteiger partial charge in [-0.05, 0) is 54.6 Å². The van der Waals surface area contributed by atoms with Crippen LogP contribution in [-0.2, 0) is 12.3 Å². The van der Waals surface area contributed by atoms with E-state index in [1.807, 2.05) is 91.0 Å². The van der Waals surface area contributed by atoms with Crippen LogP contribution in [0.4, 0.5) is 13.2 Å². The fourth-order valence-electron chi connectivity index (χ4n) is 3.99. The number of hydrogen-bond acceptors (Lipinski definition) is 0. The van der Waals surface area contributed by atoms with Gasteiger partial charge in [0, 0.05) is 10.6 Å². The van der Waals surface area contributed by atoms with E-state index in [0.29, 0.717) is 5.02 Å². The average molecular weight is 536 g/mol. The van der Waals surface area contributed by atoms with Gasteiger partial charge in [-0.1, -0.05) is 66.2 Å². The van der Waals surface area contributed by atoms with Gasteiger partial charge in [-0.15, -0.1) is 0 Å². The normalized spacial score (nSPS) is 11.6. The first kappa shape index (κ1) is 24.5. The SMILES string of the molecule is FC(F)(F)c1ccc(Cl)cc1C[P+](c1ccccc1)(c1ccccc1)c1ccccc1.[Br-]. The maximum Gasteiger partial charge on any atom is 0.416 e. The lowest BCUT2D eigenvalue weighted by Gasteiger charge is -2.29. The highest BCUT2D eigenvalue weighted by atomic mass is 79.9. The third-order valence-electron chi connectivity index (χ3n) is 5.37. The van der Waals surface area contributed by atoms with Gasteiger partial charge in [-0.2, -0.15) is 13.2 Å². The summed E-state index contributed by atoms with van der Waals surface area (Å²) >= 11 is 6.18. The van der Waals surface area contributed by atoms with Crippen molar-refractivity contribution in [1.82, 2.24) is 0 Å². The Morgan fingerprint density at radius 1 is 0.625 bits per heavy atom. The molecule has 0 unspecified atom stereocenters. The van der Waals surface area contributed by atoms with Gasteiger partial charge in [0.05, 0.1) is 11.7 Å². The standard InChI is InChI=1S/C26H20ClF3P.BrH/c27-21-16-17-25(26(28,29)30)20(18-21)19-31(22-10-4-1-5-11-22,23-12-6-2-7-13-23)24-14-8-3-9-15-24;/h1-18H,19H2;1H/q+1;/p-1. The Kier molecular flexibility index (Phi) is 7.82. The molecule has 164 valence electrons. The van der Waals surface area contributed by atoms with E-state index < -0.39 is 19.0 Å². The van der Waals surface area contributed by atoms with E-state index in [0.717, 1.165) is 22.0 Å². The second-order valence-electron chi connectivity index (χ2n) is 7.27. The summed E-state index contributed by atoms with van der Waals surface area (Å²) in [6.07, 6.45) is -4.24. The van der Waals surface area contributed by atoms with Crippen molar-refractivity contribution in [3.8, 4) is 0 Å². The zero-order valence-electron chi connectivity index (χ0n) is 16.9. The second-order valence-corrected chi connectivity index (χ2v) is 11.2. The summed E-state index contributed by atoms with van der Waals surface area (Å²) in [6, 6.07) is 33.4. The van der Waals surface area contributed by atoms with E-state index in [1.165, 1.54) is 12.1 Å². The first-order chi connectivity index (χ1) is 14.9. The monoisotopic (exact) mass is 534 g/mol. The van der Waals surface area contributed by atoms with Crippen molar-refractivity contribution in [2.45, 2.75) is 12.3 Å². The van der Waals surface area contributed by atoms with Gasteiger partial charge in [-0.3, -0.25) is 0 Å². The molecule has 0 heterocycles. The summed E-state index contributed by atoms with van der Waals surface area (Å²) in [7, 11) is -2.45. The summed E-state index contributed by atoms with van der Waals surface area (Å²) in [5.74, 6) is 0. The van der Waals surface area contributed by atoms with Crippen LogP contribution in [0.3, 0.4) is 0 Å². The molecule has 32 heavy (non-hydrogen) atoms. The molecule has 0 aliphatic heterocycles. The van der Waals surface area contributed by atoms with Crippen molar-refractivity contribution in [3.05, 3.63) is 125 Å². The van der Waals surface area contributed by atoms with Crippen molar-refractivity contribution >= 4 is 34.8 Å². The van der Waals surface area contributed by atoms with Crippen LogP contribution in [0, 0.1) is 0 Å². The predicted molar refractivity (Wildman–Crippen MR) is 125 cm³/mol. The van der Waals surface area contributed by atoms with Gasteiger partial charge >= 0.3 is 6.18 Å². The van der Waals surface area contributed by atoms with Crippen LogP contribution < -0.4 is 32.9 Å². The molecule has 4 aromatic rings. The molecule has 0 atom stereocenters. The lowest BCUT2D eigenvalue weighted by atomic mass is 10.1. The Morgan fingerprint density at radius 3 is 1.41 bits per heavy atom. The number of halogens is 5. The zero-order chi connectivity index (χ0) is 21.9. The highest BCUT2D eigenvalue weighted by molar-refractivity contribution is 7.95. The van der Waals surface area contributed by atoms with Gasteiger partial charge < -0.3 is 17.0 Å². The fourth-order valence-corrected chi connectivity index (χ4v) is 8.45. The van der Waals surface area contributed by atoms with Gasteiger partial charge in [0.2, 0.25) is 0 Å². The Hall–Kier alpha value is -2.13. The zero-order valence-corrected chi connectivity index (χ0v) is 20.2. The van der Waals surface area contributed by atoms with E-state index in [2.05, 4.69) is 0 Å². The number of alkyl halides is 3. The Labute approximate surface area is 202 Å². The molecule has 0 aliphatic rings. The lowest BCUT2D eigenvalue weighted by molar-refractivity contribution is -0.138. The third-order valence-corrected chi connectivity index (χ3v) is 9.96. The molecule has 0 spiro atoms. The predicted octanol–water partition coefficient (Wildman–Crippen LogP) is 3.86. The number of hydrogen-bond donors (Lipinski definition) is 0. The molecule has 0 saturated heterocycles. The minimum atomic E-state index is -4.46. The van der Waals surface area contributed by atoms with E-state index in [9.17, 15) is 13.2 Å². The van der Waals surface area contributed by atoms with Crippen LogP contribution in [-0.4, -0.2) is 0 Å². The van der Waals surface area contributed by atoms with Gasteiger partial charge in [0.1, 0.15) is 23.2 Å². The van der Waals surface area contributed by atoms with E-state index in [1.54, 1.807) is 0 Å². The molecule has 0 aliphatic carbocycles. The molecule has 0 radical (unpaired) electrons. The van der Waals surface area contributed by atoms with E-state index >= 15 is 0 Å². The van der Waals surface area contributed by atoms with Crippen LogP contribution in [0.5, 0.6) is 0 Å². The van der Waals surface area contributed by atoms with Crippen LogP contribution in [0.25, 0.3) is 0 Å². The topological polar surface area (TPSA) is 0 Å². The van der Waals surface area contributed by atoms with Crippen LogP contribution in [0.15, 0.2) is 109 Å². The van der Waals surface area contributed by atoms with Gasteiger partial charge in [0.15, 0.2) is 0 Å². The molecule has 0 N–H and O–H groups in total. The molecular formula is C26H20BrClF3P. The Bertz CT molecular complexity index is 1050. The second kappa shape index (κ2) is 10.2. The molecule has 0 bridgehead atoms. The molecule has 0 saturated carbocycles. The molecule has 6 heteroatoms. The lowest BCUT2D eigenvalue weighted by Crippen LogP contribution is -3.00. The molecular weight excluding hydrogens is 516 g/mol. The van der Waals surface area contributed by atoms with Crippen LogP contribution in [0.1, 0.15) is 11.1 Å². The molecule has 4 aromatic carbocycles. The fraction of sp³-hybridized carbons (Fsp3) is 0.0769. The highest BCUT2D eigenvalue weighted by Crippen LogP contribution is 2.59. The quantitative estimate of drug-likeness (QED) is 0.341. The smallest absolute Gasteiger partial charge is 0.416 e. The maximum absolute atomic E-state index is 13.9. The Balaban J connectivity index is 0.00000289. The minimum absolute atomic E-state index is 0. The van der Waals surface area contributed by atoms with Crippen molar-refractivity contribution < 1.29 is 30.2 Å². The summed E-state index contributed by atoms with van der Waals surface area (Å²) in [4.78, 5) is 0. The van der Waals surface area contributed by atoms with Gasteiger partial charge in [-0.25, -0.2) is 0 Å². The van der Waals surface area contributed by atoms with Gasteiger partial charge in [0.25, 0.3) is 0 Å². The first-order valence-electron chi connectivity index (χ1n) is 9.82. The molecule has 0 fully saturated rings. The summed E-state index contributed by atoms with van der Waals surface area (Å²) in [5.41, 5.74) is -0.422. The maximum atomic E-state index is 13.9. The van der Waals surface area contributed by atoms with Crippen molar-refractivity contribution in [2.75, 3.05) is 0 Å². The Morgan fingerprint density at radius 2 is 1.03 bits per heavy atom. The van der Waals surface area contributed by atoms with Crippen molar-refractivity contribution in [1.29, 1.82) is 0 Å². The van der Waals surface area contributed by atoms with Crippen molar-refractivity contribution in [2.24, 2.45) is 0 Å². The van der Waals surface area contributed by atoms with E-state index in [4.69, 9.17) is 11.6 Å². The van der Waals surface area contributed by atoms with Crippen LogP contribution >= 0.6 is 18.9 Å². The number of benzene rings is 4. The molecule has 0 amide bonds. The van der Waals surface area contributed by atoms with E-state index in [-0.39, 0.29) is 28.7 Å². The number of rotatable bonds is 5. The van der Waals surface area contributed by atoms with Crippen molar-refractivity contribution in [3.63, 3.8) is 0 Å². The molecule has 0 nitrogen and oxygen atoms in total. The largest absolute Gasteiger partial charge is 1.00 e. The average Bonchev–Trinajstić information content (AvgIpc) is 2.78. The first-order valence-corrected chi connectivity index (χ1v) is 12.2. The summed E-state index contributed by atoms with van der Waals surface area (Å²) in [6.45, 7) is 0. The third kappa shape index (κ3) is 4.93. The summed E-state index contributed by atoms with van der Waals surface area (Å²) in [5, 5.41) is 3.39. The highest BCUT2D eigenvalue weighted by Gasteiger charge is 2.47. The van der Waals surface area contributed by atoms with Crippen LogP contribution in [0.2, 0.25) is 5.02 Å². The summed E-state index contributed by atoms with van der Waals surface area (Å²) < 4.78 is 41.8. The molecule has 4 rings (SSSR count).